The van der Waals surface area contributed by atoms with Crippen molar-refractivity contribution in [2.45, 2.75) is 20.3 Å². The number of nitriles is 1. The molecular weight excluding hydrogens is 192 g/mol. The minimum absolute atomic E-state index is 0.331. The molecule has 1 atom stereocenters. The van der Waals surface area contributed by atoms with Crippen LogP contribution in [0.4, 0.5) is 5.69 Å². The second-order valence-corrected chi connectivity index (χ2v) is 3.38. The summed E-state index contributed by atoms with van der Waals surface area (Å²) >= 11 is 0. The SMILES string of the molecule is CCC(C)(C#N)C(=O)Nc1cncnc1. The highest BCUT2D eigenvalue weighted by Crippen LogP contribution is 2.21. The first-order valence-corrected chi connectivity index (χ1v) is 4.60. The minimum Gasteiger partial charge on any atom is -0.322 e. The second-order valence-electron chi connectivity index (χ2n) is 3.38. The number of aromatic nitrogens is 2. The van der Waals surface area contributed by atoms with Gasteiger partial charge < -0.3 is 5.32 Å². The number of hydrogen-bond acceptors (Lipinski definition) is 4. The molecule has 15 heavy (non-hydrogen) atoms. The van der Waals surface area contributed by atoms with Crippen LogP contribution in [0, 0.1) is 16.7 Å². The summed E-state index contributed by atoms with van der Waals surface area (Å²) in [5.41, 5.74) is -0.507. The smallest absolute Gasteiger partial charge is 0.244 e. The molecule has 1 amide bonds. The van der Waals surface area contributed by atoms with E-state index >= 15 is 0 Å². The molecule has 0 spiro atoms. The van der Waals surface area contributed by atoms with Crippen LogP contribution in [0.2, 0.25) is 0 Å². The molecule has 0 radical (unpaired) electrons. The molecule has 0 fully saturated rings. The van der Waals surface area contributed by atoms with Gasteiger partial charge in [0.25, 0.3) is 0 Å². The quantitative estimate of drug-likeness (QED) is 0.806. The van der Waals surface area contributed by atoms with E-state index in [0.717, 1.165) is 0 Å². The van der Waals surface area contributed by atoms with Crippen molar-refractivity contribution in [1.82, 2.24) is 9.97 Å². The van der Waals surface area contributed by atoms with Gasteiger partial charge in [-0.1, -0.05) is 6.92 Å². The summed E-state index contributed by atoms with van der Waals surface area (Å²) in [4.78, 5) is 19.2. The Morgan fingerprint density at radius 3 is 2.67 bits per heavy atom. The Bertz CT molecular complexity index is 384. The Balaban J connectivity index is 2.77. The summed E-state index contributed by atoms with van der Waals surface area (Å²) in [5, 5.41) is 11.5. The molecule has 1 unspecified atom stereocenters. The zero-order chi connectivity index (χ0) is 11.3. The van der Waals surface area contributed by atoms with Gasteiger partial charge in [0, 0.05) is 0 Å². The van der Waals surface area contributed by atoms with Gasteiger partial charge in [-0.05, 0) is 13.3 Å². The number of nitrogens with zero attached hydrogens (tertiary/aromatic N) is 3. The molecule has 78 valence electrons. The van der Waals surface area contributed by atoms with E-state index in [1.807, 2.05) is 6.07 Å². The van der Waals surface area contributed by atoms with E-state index in [-0.39, 0.29) is 5.91 Å². The van der Waals surface area contributed by atoms with E-state index < -0.39 is 5.41 Å². The van der Waals surface area contributed by atoms with Crippen LogP contribution in [0.3, 0.4) is 0 Å². The van der Waals surface area contributed by atoms with Gasteiger partial charge in [-0.25, -0.2) is 9.97 Å². The van der Waals surface area contributed by atoms with E-state index in [1.165, 1.54) is 18.7 Å². The lowest BCUT2D eigenvalue weighted by Crippen LogP contribution is -2.31. The topological polar surface area (TPSA) is 78.7 Å². The highest BCUT2D eigenvalue weighted by atomic mass is 16.2. The number of carbonyl (C=O) groups is 1. The Kier molecular flexibility index (Phi) is 3.34. The van der Waals surface area contributed by atoms with Crippen molar-refractivity contribution < 1.29 is 4.79 Å². The van der Waals surface area contributed by atoms with E-state index in [2.05, 4.69) is 15.3 Å². The average molecular weight is 204 g/mol. The van der Waals surface area contributed by atoms with Crippen molar-refractivity contribution in [2.24, 2.45) is 5.41 Å². The molecule has 0 bridgehead atoms. The molecule has 0 saturated heterocycles. The summed E-state index contributed by atoms with van der Waals surface area (Å²) < 4.78 is 0. The summed E-state index contributed by atoms with van der Waals surface area (Å²) in [5.74, 6) is -0.331. The van der Waals surface area contributed by atoms with E-state index in [1.54, 1.807) is 13.8 Å². The van der Waals surface area contributed by atoms with Gasteiger partial charge in [0.2, 0.25) is 5.91 Å². The minimum atomic E-state index is -1.00. The lowest BCUT2D eigenvalue weighted by Gasteiger charge is -2.17. The second kappa shape index (κ2) is 4.51. The molecule has 5 nitrogen and oxygen atoms in total. The van der Waals surface area contributed by atoms with Crippen LogP contribution in [0.1, 0.15) is 20.3 Å². The van der Waals surface area contributed by atoms with Crippen molar-refractivity contribution in [3.63, 3.8) is 0 Å². The van der Waals surface area contributed by atoms with Gasteiger partial charge in [-0.3, -0.25) is 4.79 Å². The highest BCUT2D eigenvalue weighted by molar-refractivity contribution is 5.96. The fourth-order valence-corrected chi connectivity index (χ4v) is 0.923. The number of hydrogen-bond donors (Lipinski definition) is 1. The molecule has 0 aliphatic rings. The molecule has 1 heterocycles. The highest BCUT2D eigenvalue weighted by Gasteiger charge is 2.31. The van der Waals surface area contributed by atoms with Gasteiger partial charge in [0.1, 0.15) is 11.7 Å². The Hall–Kier alpha value is -1.96. The molecule has 1 N–H and O–H groups in total. The molecule has 5 heteroatoms. The molecule has 0 saturated carbocycles. The summed E-state index contributed by atoms with van der Waals surface area (Å²) in [6.07, 6.45) is 4.80. The van der Waals surface area contributed by atoms with Gasteiger partial charge >= 0.3 is 0 Å². The fraction of sp³-hybridized carbons (Fsp3) is 0.400. The van der Waals surface area contributed by atoms with E-state index in [0.29, 0.717) is 12.1 Å². The van der Waals surface area contributed by atoms with Crippen molar-refractivity contribution >= 4 is 11.6 Å². The average Bonchev–Trinajstić information content (AvgIpc) is 2.29. The maximum atomic E-state index is 11.7. The van der Waals surface area contributed by atoms with E-state index in [4.69, 9.17) is 5.26 Å². The van der Waals surface area contributed by atoms with Gasteiger partial charge in [-0.2, -0.15) is 5.26 Å². The monoisotopic (exact) mass is 204 g/mol. The molecule has 0 aliphatic carbocycles. The van der Waals surface area contributed by atoms with Gasteiger partial charge in [0.15, 0.2) is 0 Å². The first kappa shape index (κ1) is 11.1. The first-order chi connectivity index (χ1) is 7.12. The van der Waals surface area contributed by atoms with Crippen LogP contribution < -0.4 is 5.32 Å². The number of amides is 1. The zero-order valence-electron chi connectivity index (χ0n) is 8.69. The fourth-order valence-electron chi connectivity index (χ4n) is 0.923. The third kappa shape index (κ3) is 2.50. The van der Waals surface area contributed by atoms with Crippen molar-refractivity contribution in [2.75, 3.05) is 5.32 Å². The molecule has 0 aromatic carbocycles. The van der Waals surface area contributed by atoms with E-state index in [9.17, 15) is 4.79 Å². The number of carbonyl (C=O) groups excluding carboxylic acids is 1. The molecular formula is C10H12N4O. The Labute approximate surface area is 88.2 Å². The summed E-state index contributed by atoms with van der Waals surface area (Å²) in [7, 11) is 0. The van der Waals surface area contributed by atoms with Crippen LogP contribution >= 0.6 is 0 Å². The molecule has 0 aliphatic heterocycles. The van der Waals surface area contributed by atoms with Crippen LogP contribution in [0.5, 0.6) is 0 Å². The third-order valence-corrected chi connectivity index (χ3v) is 2.27. The Morgan fingerprint density at radius 2 is 2.20 bits per heavy atom. The summed E-state index contributed by atoms with van der Waals surface area (Å²) in [6.45, 7) is 3.40. The number of rotatable bonds is 3. The first-order valence-electron chi connectivity index (χ1n) is 4.60. The van der Waals surface area contributed by atoms with Crippen molar-refractivity contribution in [1.29, 1.82) is 5.26 Å². The number of nitrogens with one attached hydrogen (secondary N) is 1. The van der Waals surface area contributed by atoms with Gasteiger partial charge in [-0.15, -0.1) is 0 Å². The zero-order valence-corrected chi connectivity index (χ0v) is 8.69. The van der Waals surface area contributed by atoms with Crippen molar-refractivity contribution in [3.8, 4) is 6.07 Å². The van der Waals surface area contributed by atoms with Crippen LogP contribution in [0.25, 0.3) is 0 Å². The largest absolute Gasteiger partial charge is 0.322 e. The number of anilines is 1. The van der Waals surface area contributed by atoms with Gasteiger partial charge in [0.05, 0.1) is 24.2 Å². The summed E-state index contributed by atoms with van der Waals surface area (Å²) in [6, 6.07) is 2.00. The maximum absolute atomic E-state index is 11.7. The van der Waals surface area contributed by atoms with Crippen LogP contribution in [0.15, 0.2) is 18.7 Å². The maximum Gasteiger partial charge on any atom is 0.244 e. The third-order valence-electron chi connectivity index (χ3n) is 2.27. The predicted molar refractivity (Wildman–Crippen MR) is 54.7 cm³/mol. The Morgan fingerprint density at radius 1 is 1.60 bits per heavy atom. The molecule has 1 aromatic rings. The van der Waals surface area contributed by atoms with Crippen LogP contribution in [-0.2, 0) is 4.79 Å². The predicted octanol–water partition coefficient (Wildman–Crippen LogP) is 1.35. The van der Waals surface area contributed by atoms with Crippen molar-refractivity contribution in [3.05, 3.63) is 18.7 Å². The lowest BCUT2D eigenvalue weighted by molar-refractivity contribution is -0.122. The van der Waals surface area contributed by atoms with Crippen LogP contribution in [-0.4, -0.2) is 15.9 Å². The standard InChI is InChI=1S/C10H12N4O/c1-3-10(2,6-11)9(15)14-8-4-12-7-13-5-8/h4-5,7H,3H2,1-2H3,(H,14,15). The lowest BCUT2D eigenvalue weighted by atomic mass is 9.88. The molecule has 1 rings (SSSR count). The normalized spacial score (nSPS) is 13.7. The molecule has 1 aromatic heterocycles.